The number of carbonyl (C=O) groups is 2. The molecule has 0 aliphatic carbocycles. The van der Waals surface area contributed by atoms with Gasteiger partial charge in [-0.25, -0.2) is 4.39 Å². The fourth-order valence-electron chi connectivity index (χ4n) is 3.56. The van der Waals surface area contributed by atoms with Crippen molar-refractivity contribution in [2.45, 2.75) is 25.8 Å². The van der Waals surface area contributed by atoms with E-state index in [9.17, 15) is 14.0 Å². The molecule has 2 fully saturated rings. The van der Waals surface area contributed by atoms with Crippen molar-refractivity contribution in [2.75, 3.05) is 51.1 Å². The van der Waals surface area contributed by atoms with E-state index in [4.69, 9.17) is 11.6 Å². The second-order valence-electron chi connectivity index (χ2n) is 7.19. The maximum Gasteiger partial charge on any atom is 0.241 e. The first-order chi connectivity index (χ1) is 12.9. The smallest absolute Gasteiger partial charge is 0.241 e. The summed E-state index contributed by atoms with van der Waals surface area (Å²) in [6, 6.07) is 3.81. The van der Waals surface area contributed by atoms with E-state index in [1.165, 1.54) is 12.1 Å². The van der Waals surface area contributed by atoms with Gasteiger partial charge in [-0.05, 0) is 38.0 Å². The number of anilines is 1. The van der Waals surface area contributed by atoms with E-state index in [0.717, 1.165) is 39.0 Å². The number of hydrogen-bond acceptors (Lipinski definition) is 4. The van der Waals surface area contributed by atoms with E-state index in [-0.39, 0.29) is 28.6 Å². The number of nitrogens with one attached hydrogen (secondary N) is 1. The second kappa shape index (κ2) is 8.99. The molecule has 1 N–H and O–H groups in total. The van der Waals surface area contributed by atoms with Crippen molar-refractivity contribution in [1.82, 2.24) is 14.7 Å². The van der Waals surface area contributed by atoms with Crippen LogP contribution in [0, 0.1) is 5.82 Å². The molecule has 2 amide bonds. The Morgan fingerprint density at radius 1 is 1.15 bits per heavy atom. The van der Waals surface area contributed by atoms with Crippen LogP contribution in [0.15, 0.2) is 18.2 Å². The quantitative estimate of drug-likeness (QED) is 0.827. The van der Waals surface area contributed by atoms with Crippen LogP contribution in [0.25, 0.3) is 0 Å². The maximum atomic E-state index is 13.9. The number of benzene rings is 1. The third-order valence-electron chi connectivity index (χ3n) is 5.34. The largest absolute Gasteiger partial charge is 0.342 e. The van der Waals surface area contributed by atoms with Crippen molar-refractivity contribution in [3.8, 4) is 0 Å². The zero-order valence-electron chi connectivity index (χ0n) is 15.6. The third-order valence-corrected chi connectivity index (χ3v) is 5.58. The standard InChI is InChI=1S/C19H26ClFN4O2/c1-14(19(27)22-17-5-4-15(20)12-16(17)21)24-10-8-23(9-11-24)13-18(26)25-6-2-3-7-25/h4-5,12,14H,2-3,6-11,13H2,1H3,(H,22,27)/t14-/m1/s1. The minimum atomic E-state index is -0.548. The van der Waals surface area contributed by atoms with Gasteiger partial charge in [0.2, 0.25) is 11.8 Å². The van der Waals surface area contributed by atoms with Gasteiger partial charge in [0.05, 0.1) is 18.3 Å². The highest BCUT2D eigenvalue weighted by molar-refractivity contribution is 6.30. The minimum Gasteiger partial charge on any atom is -0.342 e. The van der Waals surface area contributed by atoms with Crippen molar-refractivity contribution in [1.29, 1.82) is 0 Å². The number of likely N-dealkylation sites (tertiary alicyclic amines) is 1. The number of rotatable bonds is 5. The number of halogens is 2. The van der Waals surface area contributed by atoms with Gasteiger partial charge >= 0.3 is 0 Å². The fraction of sp³-hybridized carbons (Fsp3) is 0.579. The first-order valence-corrected chi connectivity index (χ1v) is 9.82. The van der Waals surface area contributed by atoms with Gasteiger partial charge in [0, 0.05) is 44.3 Å². The van der Waals surface area contributed by atoms with Crippen LogP contribution in [-0.4, -0.2) is 78.4 Å². The highest BCUT2D eigenvalue weighted by Gasteiger charge is 2.28. The molecule has 2 aliphatic heterocycles. The molecule has 0 bridgehead atoms. The van der Waals surface area contributed by atoms with Crippen LogP contribution in [0.3, 0.4) is 0 Å². The van der Waals surface area contributed by atoms with Crippen LogP contribution in [-0.2, 0) is 9.59 Å². The molecule has 0 aromatic heterocycles. The van der Waals surface area contributed by atoms with Crippen molar-refractivity contribution in [3.05, 3.63) is 29.0 Å². The molecular weight excluding hydrogens is 371 g/mol. The van der Waals surface area contributed by atoms with Gasteiger partial charge in [-0.1, -0.05) is 11.6 Å². The van der Waals surface area contributed by atoms with Gasteiger partial charge in [-0.2, -0.15) is 0 Å². The van der Waals surface area contributed by atoms with Crippen molar-refractivity contribution < 1.29 is 14.0 Å². The Labute approximate surface area is 164 Å². The Bertz CT molecular complexity index is 688. The molecule has 1 atom stereocenters. The first kappa shape index (κ1) is 20.0. The van der Waals surface area contributed by atoms with Gasteiger partial charge in [-0.3, -0.25) is 19.4 Å². The monoisotopic (exact) mass is 396 g/mol. The molecular formula is C19H26ClFN4O2. The molecule has 0 spiro atoms. The molecule has 27 heavy (non-hydrogen) atoms. The first-order valence-electron chi connectivity index (χ1n) is 9.44. The Morgan fingerprint density at radius 3 is 2.44 bits per heavy atom. The van der Waals surface area contributed by atoms with Crippen LogP contribution >= 0.6 is 11.6 Å². The van der Waals surface area contributed by atoms with Crippen molar-refractivity contribution in [3.63, 3.8) is 0 Å². The lowest BCUT2D eigenvalue weighted by Gasteiger charge is -2.37. The SMILES string of the molecule is C[C@H](C(=O)Nc1ccc(Cl)cc1F)N1CCN(CC(=O)N2CCCC2)CC1. The van der Waals surface area contributed by atoms with E-state index in [1.807, 2.05) is 11.8 Å². The Morgan fingerprint density at radius 2 is 1.81 bits per heavy atom. The summed E-state index contributed by atoms with van der Waals surface area (Å²) in [5.74, 6) is -0.601. The summed E-state index contributed by atoms with van der Waals surface area (Å²) in [6.45, 7) is 6.89. The van der Waals surface area contributed by atoms with Crippen LogP contribution < -0.4 is 5.32 Å². The molecule has 0 unspecified atom stereocenters. The molecule has 1 aromatic rings. The van der Waals surface area contributed by atoms with Crippen LogP contribution in [0.4, 0.5) is 10.1 Å². The normalized spacial score (nSPS) is 19.9. The number of amides is 2. The highest BCUT2D eigenvalue weighted by Crippen LogP contribution is 2.19. The fourth-order valence-corrected chi connectivity index (χ4v) is 3.72. The van der Waals surface area contributed by atoms with E-state index in [1.54, 1.807) is 6.07 Å². The molecule has 0 radical (unpaired) electrons. The van der Waals surface area contributed by atoms with Gasteiger partial charge in [0.1, 0.15) is 5.82 Å². The average molecular weight is 397 g/mol. The van der Waals surface area contributed by atoms with E-state index in [0.29, 0.717) is 19.6 Å². The molecule has 2 saturated heterocycles. The molecule has 2 heterocycles. The third kappa shape index (κ3) is 5.18. The summed E-state index contributed by atoms with van der Waals surface area (Å²) in [5, 5.41) is 2.92. The molecule has 0 saturated carbocycles. The van der Waals surface area contributed by atoms with Gasteiger partial charge in [-0.15, -0.1) is 0 Å². The summed E-state index contributed by atoms with van der Waals surface area (Å²) in [5.41, 5.74) is 0.131. The molecule has 148 valence electrons. The Kier molecular flexibility index (Phi) is 6.68. The van der Waals surface area contributed by atoms with Crippen molar-refractivity contribution in [2.24, 2.45) is 0 Å². The van der Waals surface area contributed by atoms with E-state index < -0.39 is 5.82 Å². The maximum absolute atomic E-state index is 13.9. The van der Waals surface area contributed by atoms with Crippen LogP contribution in [0.2, 0.25) is 5.02 Å². The van der Waals surface area contributed by atoms with Crippen LogP contribution in [0.1, 0.15) is 19.8 Å². The molecule has 1 aromatic carbocycles. The lowest BCUT2D eigenvalue weighted by Crippen LogP contribution is -2.54. The van der Waals surface area contributed by atoms with E-state index in [2.05, 4.69) is 15.1 Å². The number of hydrogen-bond donors (Lipinski definition) is 1. The Balaban J connectivity index is 1.46. The molecule has 2 aliphatic rings. The van der Waals surface area contributed by atoms with E-state index >= 15 is 0 Å². The average Bonchev–Trinajstić information content (AvgIpc) is 3.19. The number of nitrogens with zero attached hydrogens (tertiary/aromatic N) is 3. The topological polar surface area (TPSA) is 55.9 Å². The molecule has 3 rings (SSSR count). The zero-order valence-corrected chi connectivity index (χ0v) is 16.3. The second-order valence-corrected chi connectivity index (χ2v) is 7.63. The van der Waals surface area contributed by atoms with Gasteiger partial charge in [0.25, 0.3) is 0 Å². The van der Waals surface area contributed by atoms with Crippen molar-refractivity contribution >= 4 is 29.1 Å². The summed E-state index contributed by atoms with van der Waals surface area (Å²) in [6.07, 6.45) is 2.20. The van der Waals surface area contributed by atoms with Gasteiger partial charge < -0.3 is 10.2 Å². The van der Waals surface area contributed by atoms with Gasteiger partial charge in [0.15, 0.2) is 0 Å². The number of piperazine rings is 1. The minimum absolute atomic E-state index is 0.131. The zero-order chi connectivity index (χ0) is 19.4. The summed E-state index contributed by atoms with van der Waals surface area (Å²) in [7, 11) is 0. The van der Waals surface area contributed by atoms with Crippen LogP contribution in [0.5, 0.6) is 0 Å². The lowest BCUT2D eigenvalue weighted by molar-refractivity contribution is -0.132. The number of carbonyl (C=O) groups excluding carboxylic acids is 2. The summed E-state index contributed by atoms with van der Waals surface area (Å²) < 4.78 is 13.9. The predicted molar refractivity (Wildman–Crippen MR) is 103 cm³/mol. The predicted octanol–water partition coefficient (Wildman–Crippen LogP) is 2.05. The molecule has 6 nitrogen and oxygen atoms in total. The lowest BCUT2D eigenvalue weighted by atomic mass is 10.2. The summed E-state index contributed by atoms with van der Waals surface area (Å²) in [4.78, 5) is 30.8. The highest BCUT2D eigenvalue weighted by atomic mass is 35.5. The summed E-state index contributed by atoms with van der Waals surface area (Å²) >= 11 is 5.74. The Hall–Kier alpha value is -1.70. The molecule has 8 heteroatoms.